The molecule has 3 N–H and O–H groups in total. The predicted octanol–water partition coefficient (Wildman–Crippen LogP) is 2.74. The van der Waals surface area contributed by atoms with Crippen molar-refractivity contribution in [3.05, 3.63) is 72.2 Å². The van der Waals surface area contributed by atoms with Gasteiger partial charge in [-0.05, 0) is 30.2 Å². The number of aromatic nitrogens is 2. The third-order valence-electron chi connectivity index (χ3n) is 3.71. The Morgan fingerprint density at radius 3 is 2.88 bits per heavy atom. The van der Waals surface area contributed by atoms with E-state index in [4.69, 9.17) is 0 Å². The van der Waals surface area contributed by atoms with Crippen LogP contribution >= 0.6 is 0 Å². The van der Waals surface area contributed by atoms with E-state index in [0.717, 1.165) is 28.7 Å². The second-order valence-electron chi connectivity index (χ2n) is 5.44. The van der Waals surface area contributed by atoms with Crippen molar-refractivity contribution in [3.8, 4) is 6.07 Å². The van der Waals surface area contributed by atoms with Gasteiger partial charge in [-0.15, -0.1) is 0 Å². The summed E-state index contributed by atoms with van der Waals surface area (Å²) in [6.07, 6.45) is 3.75. The number of benzene rings is 2. The quantitative estimate of drug-likeness (QED) is 0.478. The van der Waals surface area contributed by atoms with Crippen LogP contribution < -0.4 is 10.6 Å². The van der Waals surface area contributed by atoms with Gasteiger partial charge in [-0.25, -0.2) is 4.98 Å². The fourth-order valence-electron chi connectivity index (χ4n) is 2.39. The summed E-state index contributed by atoms with van der Waals surface area (Å²) in [7, 11) is 0. The van der Waals surface area contributed by atoms with Crippen molar-refractivity contribution in [3.63, 3.8) is 0 Å². The number of carbonyl (C=O) groups is 1. The molecule has 1 aromatic heterocycles. The summed E-state index contributed by atoms with van der Waals surface area (Å²) in [6, 6.07) is 17.3. The lowest BCUT2D eigenvalue weighted by molar-refractivity contribution is -0.117. The molecule has 0 saturated heterocycles. The Kier molecular flexibility index (Phi) is 5.07. The molecule has 3 rings (SSSR count). The van der Waals surface area contributed by atoms with Crippen LogP contribution in [0.2, 0.25) is 0 Å². The number of nitrogens with one attached hydrogen (secondary N) is 3. The summed E-state index contributed by atoms with van der Waals surface area (Å²) in [6.45, 7) is 0.474. The van der Waals surface area contributed by atoms with Gasteiger partial charge >= 0.3 is 0 Å². The van der Waals surface area contributed by atoms with E-state index < -0.39 is 5.91 Å². The van der Waals surface area contributed by atoms with Gasteiger partial charge in [0.05, 0.1) is 17.4 Å². The molecule has 1 heterocycles. The van der Waals surface area contributed by atoms with E-state index in [2.05, 4.69) is 20.6 Å². The number of hydrogen-bond acceptors (Lipinski definition) is 4. The molecule has 0 saturated carbocycles. The van der Waals surface area contributed by atoms with Gasteiger partial charge in [0.2, 0.25) is 0 Å². The zero-order chi connectivity index (χ0) is 17.5. The largest absolute Gasteiger partial charge is 0.360 e. The summed E-state index contributed by atoms with van der Waals surface area (Å²) in [5, 5.41) is 14.9. The topological polar surface area (TPSA) is 93.6 Å². The van der Waals surface area contributed by atoms with E-state index in [0.29, 0.717) is 6.54 Å². The van der Waals surface area contributed by atoms with Crippen molar-refractivity contribution >= 4 is 22.6 Å². The zero-order valence-corrected chi connectivity index (χ0v) is 13.5. The highest BCUT2D eigenvalue weighted by Crippen LogP contribution is 2.15. The SMILES string of the molecule is N#C/C(=C/Nc1ccc2nc[nH]c2c1)C(=O)NCCc1ccccc1. The maximum Gasteiger partial charge on any atom is 0.263 e. The molecular formula is C19H17N5O. The van der Waals surface area contributed by atoms with Crippen LogP contribution in [0.25, 0.3) is 11.0 Å². The molecule has 0 unspecified atom stereocenters. The number of rotatable bonds is 6. The minimum atomic E-state index is -0.395. The Bertz CT molecular complexity index is 937. The summed E-state index contributed by atoms with van der Waals surface area (Å²) < 4.78 is 0. The summed E-state index contributed by atoms with van der Waals surface area (Å²) >= 11 is 0. The normalized spacial score (nSPS) is 11.1. The summed E-state index contributed by atoms with van der Waals surface area (Å²) in [4.78, 5) is 19.3. The van der Waals surface area contributed by atoms with Crippen LogP contribution in [0.3, 0.4) is 0 Å². The number of imidazole rings is 1. The minimum Gasteiger partial charge on any atom is -0.360 e. The van der Waals surface area contributed by atoms with E-state index >= 15 is 0 Å². The van der Waals surface area contributed by atoms with Gasteiger partial charge in [-0.1, -0.05) is 30.3 Å². The third-order valence-corrected chi connectivity index (χ3v) is 3.71. The number of nitrogens with zero attached hydrogens (tertiary/aromatic N) is 2. The molecule has 25 heavy (non-hydrogen) atoms. The van der Waals surface area contributed by atoms with Crippen LogP contribution in [-0.2, 0) is 11.2 Å². The molecule has 3 aromatic rings. The van der Waals surface area contributed by atoms with Crippen molar-refractivity contribution < 1.29 is 4.79 Å². The number of anilines is 1. The van der Waals surface area contributed by atoms with Gasteiger partial charge in [0.15, 0.2) is 0 Å². The first-order chi connectivity index (χ1) is 12.3. The molecule has 6 heteroatoms. The molecule has 0 radical (unpaired) electrons. The fourth-order valence-corrected chi connectivity index (χ4v) is 2.39. The van der Waals surface area contributed by atoms with Crippen molar-refractivity contribution in [2.45, 2.75) is 6.42 Å². The lowest BCUT2D eigenvalue weighted by Crippen LogP contribution is -2.27. The number of H-pyrrole nitrogens is 1. The molecule has 2 aromatic carbocycles. The number of hydrogen-bond donors (Lipinski definition) is 3. The molecule has 1 amide bonds. The highest BCUT2D eigenvalue weighted by molar-refractivity contribution is 5.97. The highest BCUT2D eigenvalue weighted by atomic mass is 16.1. The lowest BCUT2D eigenvalue weighted by atomic mass is 10.1. The highest BCUT2D eigenvalue weighted by Gasteiger charge is 2.08. The second kappa shape index (κ2) is 7.79. The summed E-state index contributed by atoms with van der Waals surface area (Å²) in [5.41, 5.74) is 3.66. The lowest BCUT2D eigenvalue weighted by Gasteiger charge is -2.05. The number of nitriles is 1. The van der Waals surface area contributed by atoms with Gasteiger partial charge in [0, 0.05) is 18.4 Å². The maximum atomic E-state index is 12.1. The van der Waals surface area contributed by atoms with E-state index in [-0.39, 0.29) is 5.57 Å². The molecule has 124 valence electrons. The monoisotopic (exact) mass is 331 g/mol. The Balaban J connectivity index is 1.57. The van der Waals surface area contributed by atoms with E-state index in [1.165, 1.54) is 6.20 Å². The standard InChI is InChI=1S/C19H17N5O/c20-11-15(19(25)21-9-8-14-4-2-1-3-5-14)12-22-16-6-7-17-18(10-16)24-13-23-17/h1-7,10,12-13,22H,8-9H2,(H,21,25)(H,23,24)/b15-12-. The molecule has 0 fully saturated rings. The van der Waals surface area contributed by atoms with Gasteiger partial charge in [0.1, 0.15) is 11.6 Å². The molecule has 0 aliphatic carbocycles. The van der Waals surface area contributed by atoms with Crippen LogP contribution in [0.5, 0.6) is 0 Å². The average Bonchev–Trinajstić information content (AvgIpc) is 3.11. The van der Waals surface area contributed by atoms with E-state index in [1.807, 2.05) is 54.6 Å². The second-order valence-corrected chi connectivity index (χ2v) is 5.44. The number of aromatic amines is 1. The van der Waals surface area contributed by atoms with Crippen LogP contribution in [0, 0.1) is 11.3 Å². The molecule has 6 nitrogen and oxygen atoms in total. The number of fused-ring (bicyclic) bond motifs is 1. The van der Waals surface area contributed by atoms with E-state index in [1.54, 1.807) is 6.33 Å². The van der Waals surface area contributed by atoms with Crippen molar-refractivity contribution in [2.24, 2.45) is 0 Å². The molecule has 0 aliphatic heterocycles. The first-order valence-corrected chi connectivity index (χ1v) is 7.88. The Morgan fingerprint density at radius 2 is 2.08 bits per heavy atom. The van der Waals surface area contributed by atoms with Crippen molar-refractivity contribution in [1.29, 1.82) is 5.26 Å². The van der Waals surface area contributed by atoms with Gasteiger partial charge in [-0.2, -0.15) is 5.26 Å². The van der Waals surface area contributed by atoms with Crippen LogP contribution in [0.1, 0.15) is 5.56 Å². The Labute approximate surface area is 145 Å². The predicted molar refractivity (Wildman–Crippen MR) is 96.6 cm³/mol. The first kappa shape index (κ1) is 16.3. The number of amides is 1. The fraction of sp³-hybridized carbons (Fsp3) is 0.105. The zero-order valence-electron chi connectivity index (χ0n) is 13.5. The van der Waals surface area contributed by atoms with Crippen LogP contribution in [-0.4, -0.2) is 22.4 Å². The van der Waals surface area contributed by atoms with Gasteiger partial charge < -0.3 is 15.6 Å². The minimum absolute atomic E-state index is 0.0257. The average molecular weight is 331 g/mol. The smallest absolute Gasteiger partial charge is 0.263 e. The van der Waals surface area contributed by atoms with Gasteiger partial charge in [-0.3, -0.25) is 4.79 Å². The Morgan fingerprint density at radius 1 is 1.24 bits per heavy atom. The molecular weight excluding hydrogens is 314 g/mol. The molecule has 0 aliphatic rings. The first-order valence-electron chi connectivity index (χ1n) is 7.88. The van der Waals surface area contributed by atoms with Crippen LogP contribution in [0.15, 0.2) is 66.6 Å². The van der Waals surface area contributed by atoms with Gasteiger partial charge in [0.25, 0.3) is 5.91 Å². The van der Waals surface area contributed by atoms with Crippen molar-refractivity contribution in [2.75, 3.05) is 11.9 Å². The molecule has 0 bridgehead atoms. The summed E-state index contributed by atoms with van der Waals surface area (Å²) in [5.74, 6) is -0.395. The van der Waals surface area contributed by atoms with E-state index in [9.17, 15) is 10.1 Å². The molecule has 0 atom stereocenters. The molecule has 0 spiro atoms. The Hall–Kier alpha value is -3.59. The van der Waals surface area contributed by atoms with Crippen LogP contribution in [0.4, 0.5) is 5.69 Å². The third kappa shape index (κ3) is 4.24. The maximum absolute atomic E-state index is 12.1. The van der Waals surface area contributed by atoms with Crippen molar-refractivity contribution in [1.82, 2.24) is 15.3 Å². The number of carbonyl (C=O) groups excluding carboxylic acids is 1.